The van der Waals surface area contributed by atoms with E-state index in [2.05, 4.69) is 15.6 Å². The number of likely N-dealkylation sites (tertiary alicyclic amines) is 1. The molecule has 40 heavy (non-hydrogen) atoms. The first-order valence-corrected chi connectivity index (χ1v) is 13.3. The van der Waals surface area contributed by atoms with Crippen LogP contribution in [0.4, 0.5) is 8.78 Å². The van der Waals surface area contributed by atoms with Gasteiger partial charge in [-0.3, -0.25) is 14.4 Å². The number of amides is 3. The number of benzene rings is 1. The Bertz CT molecular complexity index is 1350. The average Bonchev–Trinajstić information content (AvgIpc) is 3.68. The predicted octanol–water partition coefficient (Wildman–Crippen LogP) is 1.75. The minimum Gasteiger partial charge on any atom is -0.372 e. The van der Waals surface area contributed by atoms with Gasteiger partial charge in [0.15, 0.2) is 0 Å². The van der Waals surface area contributed by atoms with Crippen LogP contribution >= 0.6 is 0 Å². The highest BCUT2D eigenvalue weighted by Crippen LogP contribution is 2.34. The first-order valence-electron chi connectivity index (χ1n) is 13.3. The molecule has 5 rings (SSSR count). The lowest BCUT2D eigenvalue weighted by molar-refractivity contribution is -0.135. The molecule has 0 saturated carbocycles. The van der Waals surface area contributed by atoms with Crippen molar-refractivity contribution in [2.45, 2.75) is 83.5 Å². The zero-order valence-electron chi connectivity index (χ0n) is 22.3. The van der Waals surface area contributed by atoms with Gasteiger partial charge in [0, 0.05) is 31.8 Å². The standard InChI is InChI=1S/C27H31F2N7O4/c1-16(2)40-14-20-12-35(33-32-20)11-18-5-3-4-17-10-34(13-22(17)18)24(37)7-19-6-23(31-25(19)38)26(39)36-15-27(28,29)8-21(36)9-30/h3-5,12,16,19,21,23H,6-8,10-11,13-15H2,1-2H3,(H,31,38)/t19-,21-,23-/m0/s1. The minimum absolute atomic E-state index is 0.0187. The lowest BCUT2D eigenvalue weighted by atomic mass is 9.99. The molecule has 4 heterocycles. The molecule has 3 atom stereocenters. The molecule has 2 fully saturated rings. The Hall–Kier alpha value is -3.92. The van der Waals surface area contributed by atoms with Crippen LogP contribution in [0.2, 0.25) is 0 Å². The second-order valence-corrected chi connectivity index (χ2v) is 10.9. The van der Waals surface area contributed by atoms with Crippen molar-refractivity contribution in [1.29, 1.82) is 5.26 Å². The molecule has 212 valence electrons. The number of nitrogens with one attached hydrogen (secondary N) is 1. The number of carbonyl (C=O) groups is 3. The number of halogens is 2. The third kappa shape index (κ3) is 5.82. The number of fused-ring (bicyclic) bond motifs is 1. The fraction of sp³-hybridized carbons (Fsp3) is 0.556. The lowest BCUT2D eigenvalue weighted by Crippen LogP contribution is -2.46. The number of ether oxygens (including phenoxy) is 1. The van der Waals surface area contributed by atoms with E-state index >= 15 is 0 Å². The smallest absolute Gasteiger partial charge is 0.268 e. The van der Waals surface area contributed by atoms with E-state index in [-0.39, 0.29) is 24.9 Å². The van der Waals surface area contributed by atoms with Gasteiger partial charge in [0.1, 0.15) is 17.8 Å². The first-order chi connectivity index (χ1) is 19.0. The summed E-state index contributed by atoms with van der Waals surface area (Å²) in [6.45, 7) is 4.68. The van der Waals surface area contributed by atoms with E-state index in [0.717, 1.165) is 27.3 Å². The van der Waals surface area contributed by atoms with Gasteiger partial charge >= 0.3 is 0 Å². The van der Waals surface area contributed by atoms with E-state index in [1.807, 2.05) is 38.2 Å². The summed E-state index contributed by atoms with van der Waals surface area (Å²) >= 11 is 0. The summed E-state index contributed by atoms with van der Waals surface area (Å²) in [7, 11) is 0. The molecule has 2 aromatic rings. The van der Waals surface area contributed by atoms with Crippen molar-refractivity contribution < 1.29 is 27.9 Å². The van der Waals surface area contributed by atoms with Gasteiger partial charge < -0.3 is 19.9 Å². The van der Waals surface area contributed by atoms with Crippen LogP contribution in [-0.4, -0.2) is 73.2 Å². The monoisotopic (exact) mass is 555 g/mol. The van der Waals surface area contributed by atoms with E-state index in [1.165, 1.54) is 0 Å². The Morgan fingerprint density at radius 2 is 2.10 bits per heavy atom. The molecule has 3 amide bonds. The first kappa shape index (κ1) is 27.6. The van der Waals surface area contributed by atoms with Crippen LogP contribution in [0, 0.1) is 17.2 Å². The Balaban J connectivity index is 1.18. The van der Waals surface area contributed by atoms with Crippen molar-refractivity contribution in [3.05, 3.63) is 46.8 Å². The number of aromatic nitrogens is 3. The summed E-state index contributed by atoms with van der Waals surface area (Å²) in [4.78, 5) is 41.2. The van der Waals surface area contributed by atoms with E-state index in [0.29, 0.717) is 26.2 Å². The number of carbonyl (C=O) groups excluding carboxylic acids is 3. The van der Waals surface area contributed by atoms with Gasteiger partial charge in [-0.05, 0) is 37.0 Å². The lowest BCUT2D eigenvalue weighted by Gasteiger charge is -2.22. The number of nitrogens with zero attached hydrogens (tertiary/aromatic N) is 6. The van der Waals surface area contributed by atoms with Crippen LogP contribution < -0.4 is 5.32 Å². The molecule has 1 aromatic heterocycles. The van der Waals surface area contributed by atoms with Crippen LogP contribution in [0.15, 0.2) is 24.4 Å². The summed E-state index contributed by atoms with van der Waals surface area (Å²) in [5, 5.41) is 20.1. The Labute approximate surface area is 230 Å². The predicted molar refractivity (Wildman–Crippen MR) is 135 cm³/mol. The van der Waals surface area contributed by atoms with Crippen molar-refractivity contribution in [2.24, 2.45) is 5.92 Å². The van der Waals surface area contributed by atoms with Crippen molar-refractivity contribution in [3.8, 4) is 6.07 Å². The van der Waals surface area contributed by atoms with Crippen LogP contribution in [-0.2, 0) is 45.4 Å². The van der Waals surface area contributed by atoms with Gasteiger partial charge in [0.2, 0.25) is 17.7 Å². The van der Waals surface area contributed by atoms with E-state index in [4.69, 9.17) is 4.74 Å². The van der Waals surface area contributed by atoms with Crippen LogP contribution in [0.1, 0.15) is 55.5 Å². The molecule has 3 aliphatic rings. The summed E-state index contributed by atoms with van der Waals surface area (Å²) in [5.74, 6) is -5.30. The Morgan fingerprint density at radius 1 is 1.30 bits per heavy atom. The fourth-order valence-electron chi connectivity index (χ4n) is 5.51. The number of alkyl halides is 2. The average molecular weight is 556 g/mol. The van der Waals surface area contributed by atoms with Crippen LogP contribution in [0.3, 0.4) is 0 Å². The van der Waals surface area contributed by atoms with Gasteiger partial charge in [-0.25, -0.2) is 13.5 Å². The van der Waals surface area contributed by atoms with Crippen molar-refractivity contribution >= 4 is 17.7 Å². The molecule has 0 spiro atoms. The van der Waals surface area contributed by atoms with Gasteiger partial charge in [0.25, 0.3) is 5.92 Å². The normalized spacial score (nSPS) is 23.4. The highest BCUT2D eigenvalue weighted by Gasteiger charge is 2.50. The number of hydrogen-bond acceptors (Lipinski definition) is 7. The number of nitriles is 1. The summed E-state index contributed by atoms with van der Waals surface area (Å²) in [6.07, 6.45) is 1.11. The van der Waals surface area contributed by atoms with Gasteiger partial charge in [0.05, 0.1) is 38.1 Å². The molecule has 0 bridgehead atoms. The fourth-order valence-corrected chi connectivity index (χ4v) is 5.51. The Kier molecular flexibility index (Phi) is 7.55. The number of rotatable bonds is 8. The maximum Gasteiger partial charge on any atom is 0.268 e. The quantitative estimate of drug-likeness (QED) is 0.525. The maximum atomic E-state index is 13.8. The zero-order chi connectivity index (χ0) is 28.6. The molecule has 13 heteroatoms. The molecule has 0 radical (unpaired) electrons. The molecule has 0 unspecified atom stereocenters. The van der Waals surface area contributed by atoms with E-state index in [1.54, 1.807) is 15.7 Å². The molecule has 0 aliphatic carbocycles. The molecule has 1 N–H and O–H groups in total. The van der Waals surface area contributed by atoms with E-state index in [9.17, 15) is 28.4 Å². The summed E-state index contributed by atoms with van der Waals surface area (Å²) < 4.78 is 34.9. The second-order valence-electron chi connectivity index (χ2n) is 10.9. The minimum atomic E-state index is -3.14. The third-order valence-electron chi connectivity index (χ3n) is 7.54. The summed E-state index contributed by atoms with van der Waals surface area (Å²) in [5.41, 5.74) is 3.77. The van der Waals surface area contributed by atoms with Gasteiger partial charge in [-0.15, -0.1) is 5.10 Å². The van der Waals surface area contributed by atoms with Crippen molar-refractivity contribution in [3.63, 3.8) is 0 Å². The van der Waals surface area contributed by atoms with Crippen molar-refractivity contribution in [1.82, 2.24) is 30.1 Å². The largest absolute Gasteiger partial charge is 0.372 e. The highest BCUT2D eigenvalue weighted by atomic mass is 19.3. The highest BCUT2D eigenvalue weighted by molar-refractivity contribution is 5.94. The molecule has 11 nitrogen and oxygen atoms in total. The SMILES string of the molecule is CC(C)OCc1cn(Cc2cccc3c2CN(C(=O)C[C@@H]2C[C@@H](C(=O)N4CC(F)(F)C[C@H]4C#N)NC2=O)C3)nn1. The summed E-state index contributed by atoms with van der Waals surface area (Å²) in [6, 6.07) is 5.34. The zero-order valence-corrected chi connectivity index (χ0v) is 22.3. The third-order valence-corrected chi connectivity index (χ3v) is 7.54. The molecular formula is C27H31F2N7O4. The van der Waals surface area contributed by atoms with Crippen LogP contribution in [0.25, 0.3) is 0 Å². The van der Waals surface area contributed by atoms with Gasteiger partial charge in [-0.2, -0.15) is 5.26 Å². The maximum absolute atomic E-state index is 13.8. The Morgan fingerprint density at radius 3 is 2.85 bits per heavy atom. The second kappa shape index (κ2) is 10.9. The molecule has 2 saturated heterocycles. The molecule has 1 aromatic carbocycles. The topological polar surface area (TPSA) is 133 Å². The van der Waals surface area contributed by atoms with E-state index < -0.39 is 48.7 Å². The van der Waals surface area contributed by atoms with Crippen molar-refractivity contribution in [2.75, 3.05) is 6.54 Å². The van der Waals surface area contributed by atoms with Gasteiger partial charge in [-0.1, -0.05) is 23.4 Å². The van der Waals surface area contributed by atoms with Crippen LogP contribution in [0.5, 0.6) is 0 Å². The number of hydrogen-bond donors (Lipinski definition) is 1. The molecule has 3 aliphatic heterocycles. The molecular weight excluding hydrogens is 524 g/mol.